The average molecular weight is 236 g/mol. The van der Waals surface area contributed by atoms with Crippen molar-refractivity contribution in [2.24, 2.45) is 0 Å². The lowest BCUT2D eigenvalue weighted by Crippen LogP contribution is -2.11. The minimum atomic E-state index is -1.11. The van der Waals surface area contributed by atoms with Gasteiger partial charge < -0.3 is 5.11 Å². The molecule has 17 heavy (non-hydrogen) atoms. The minimum Gasteiger partial charge on any atom is -0.481 e. The van der Waals surface area contributed by atoms with Crippen molar-refractivity contribution in [2.75, 3.05) is 0 Å². The highest BCUT2D eigenvalue weighted by molar-refractivity contribution is 5.69. The van der Waals surface area contributed by atoms with Gasteiger partial charge in [0.15, 0.2) is 0 Å². The maximum absolute atomic E-state index is 13.4. The number of aromatic amines is 1. The molecule has 0 spiro atoms. The molecular weight excluding hydrogens is 227 g/mol. The van der Waals surface area contributed by atoms with Gasteiger partial charge in [-0.2, -0.15) is 0 Å². The van der Waals surface area contributed by atoms with Crippen molar-refractivity contribution in [3.8, 4) is 5.69 Å². The van der Waals surface area contributed by atoms with Gasteiger partial charge in [0.2, 0.25) is 0 Å². The third kappa shape index (κ3) is 2.25. The fraction of sp³-hybridized carbons (Fsp3) is 0.0909. The van der Waals surface area contributed by atoms with Gasteiger partial charge in [0.25, 0.3) is 5.56 Å². The number of nitrogens with zero attached hydrogens (tertiary/aromatic N) is 1. The van der Waals surface area contributed by atoms with Gasteiger partial charge in [-0.05, 0) is 12.1 Å². The van der Waals surface area contributed by atoms with Crippen molar-refractivity contribution in [1.29, 1.82) is 0 Å². The number of nitrogens with one attached hydrogen (secondary N) is 1. The van der Waals surface area contributed by atoms with Gasteiger partial charge in [0.1, 0.15) is 5.82 Å². The van der Waals surface area contributed by atoms with Gasteiger partial charge >= 0.3 is 5.97 Å². The molecule has 0 radical (unpaired) electrons. The Hall–Kier alpha value is -2.37. The molecule has 0 fully saturated rings. The highest BCUT2D eigenvalue weighted by Gasteiger charge is 2.10. The molecule has 0 aliphatic heterocycles. The SMILES string of the molecule is O=C(O)Cc1cn(-c2ccccc2F)[nH]c1=O. The highest BCUT2D eigenvalue weighted by Crippen LogP contribution is 2.11. The number of H-pyrrole nitrogens is 1. The van der Waals surface area contributed by atoms with E-state index in [-0.39, 0.29) is 11.3 Å². The van der Waals surface area contributed by atoms with Crippen LogP contribution < -0.4 is 5.56 Å². The van der Waals surface area contributed by atoms with Crippen LogP contribution in [0, 0.1) is 5.82 Å². The Bertz CT molecular complexity index is 615. The van der Waals surface area contributed by atoms with Crippen LogP contribution in [-0.2, 0) is 11.2 Å². The zero-order valence-electron chi connectivity index (χ0n) is 8.68. The third-order valence-corrected chi connectivity index (χ3v) is 2.25. The van der Waals surface area contributed by atoms with Crippen LogP contribution in [0.25, 0.3) is 5.69 Å². The average Bonchev–Trinajstić information content (AvgIpc) is 2.60. The number of hydrogen-bond acceptors (Lipinski definition) is 2. The zero-order chi connectivity index (χ0) is 12.4. The number of halogens is 1. The smallest absolute Gasteiger partial charge is 0.308 e. The van der Waals surface area contributed by atoms with Gasteiger partial charge in [0, 0.05) is 11.8 Å². The molecule has 0 atom stereocenters. The molecule has 1 heterocycles. The maximum atomic E-state index is 13.4. The van der Waals surface area contributed by atoms with Gasteiger partial charge in [0.05, 0.1) is 12.1 Å². The second-order valence-corrected chi connectivity index (χ2v) is 3.49. The Morgan fingerprint density at radius 1 is 1.41 bits per heavy atom. The predicted molar refractivity (Wildman–Crippen MR) is 57.7 cm³/mol. The lowest BCUT2D eigenvalue weighted by molar-refractivity contribution is -0.136. The second-order valence-electron chi connectivity index (χ2n) is 3.49. The summed E-state index contributed by atoms with van der Waals surface area (Å²) in [6.45, 7) is 0. The largest absolute Gasteiger partial charge is 0.481 e. The van der Waals surface area contributed by atoms with Crippen molar-refractivity contribution in [3.05, 3.63) is 52.2 Å². The Balaban J connectivity index is 2.45. The first-order valence-corrected chi connectivity index (χ1v) is 4.85. The molecule has 2 N–H and O–H groups in total. The molecule has 0 bridgehead atoms. The standard InChI is InChI=1S/C11H9FN2O3/c12-8-3-1-2-4-9(8)14-6-7(5-10(15)16)11(17)13-14/h1-4,6H,5H2,(H,13,17)(H,15,16). The molecule has 2 aromatic rings. The van der Waals surface area contributed by atoms with Gasteiger partial charge in [-0.3, -0.25) is 19.4 Å². The third-order valence-electron chi connectivity index (χ3n) is 2.25. The van der Waals surface area contributed by atoms with Crippen LogP contribution in [0.2, 0.25) is 0 Å². The van der Waals surface area contributed by atoms with E-state index in [1.165, 1.54) is 29.1 Å². The van der Waals surface area contributed by atoms with E-state index < -0.39 is 23.8 Å². The van der Waals surface area contributed by atoms with Gasteiger partial charge in [-0.1, -0.05) is 12.1 Å². The van der Waals surface area contributed by atoms with Crippen molar-refractivity contribution in [2.45, 2.75) is 6.42 Å². The minimum absolute atomic E-state index is 0.0840. The van der Waals surface area contributed by atoms with Crippen LogP contribution in [-0.4, -0.2) is 20.9 Å². The lowest BCUT2D eigenvalue weighted by atomic mass is 10.2. The summed E-state index contributed by atoms with van der Waals surface area (Å²) < 4.78 is 14.6. The number of benzene rings is 1. The van der Waals surface area contributed by atoms with Crippen molar-refractivity contribution < 1.29 is 14.3 Å². The number of para-hydroxylation sites is 1. The number of hydrogen-bond donors (Lipinski definition) is 2. The highest BCUT2D eigenvalue weighted by atomic mass is 19.1. The lowest BCUT2D eigenvalue weighted by Gasteiger charge is -2.02. The van der Waals surface area contributed by atoms with Crippen LogP contribution in [0.1, 0.15) is 5.56 Å². The van der Waals surface area contributed by atoms with E-state index in [1.54, 1.807) is 6.07 Å². The van der Waals surface area contributed by atoms with Crippen molar-refractivity contribution >= 4 is 5.97 Å². The maximum Gasteiger partial charge on any atom is 0.308 e. The molecule has 2 rings (SSSR count). The fourth-order valence-corrected chi connectivity index (χ4v) is 1.49. The summed E-state index contributed by atoms with van der Waals surface area (Å²) >= 11 is 0. The topological polar surface area (TPSA) is 75.1 Å². The molecule has 0 aliphatic rings. The first-order chi connectivity index (χ1) is 8.08. The Morgan fingerprint density at radius 2 is 2.12 bits per heavy atom. The Labute approximate surface area is 95.1 Å². The van der Waals surface area contributed by atoms with Crippen LogP contribution >= 0.6 is 0 Å². The van der Waals surface area contributed by atoms with E-state index in [2.05, 4.69) is 5.10 Å². The molecule has 88 valence electrons. The molecule has 0 amide bonds. The monoisotopic (exact) mass is 236 g/mol. The number of carboxylic acid groups (broad SMARTS) is 1. The van der Waals surface area contributed by atoms with Gasteiger partial charge in [-0.15, -0.1) is 0 Å². The van der Waals surface area contributed by atoms with E-state index in [1.807, 2.05) is 0 Å². The molecular formula is C11H9FN2O3. The molecule has 5 nitrogen and oxygen atoms in total. The van der Waals surface area contributed by atoms with Crippen LogP contribution in [0.4, 0.5) is 4.39 Å². The van der Waals surface area contributed by atoms with Crippen LogP contribution in [0.15, 0.2) is 35.3 Å². The number of rotatable bonds is 3. The summed E-state index contributed by atoms with van der Waals surface area (Å²) in [5.74, 6) is -1.61. The molecule has 1 aromatic heterocycles. The summed E-state index contributed by atoms with van der Waals surface area (Å²) in [5.41, 5.74) is -0.280. The van der Waals surface area contributed by atoms with Crippen molar-refractivity contribution in [3.63, 3.8) is 0 Å². The number of carbonyl (C=O) groups is 1. The van der Waals surface area contributed by atoms with Crippen LogP contribution in [0.5, 0.6) is 0 Å². The first-order valence-electron chi connectivity index (χ1n) is 4.85. The molecule has 6 heteroatoms. The molecule has 0 aliphatic carbocycles. The number of carboxylic acids is 1. The van der Waals surface area contributed by atoms with Crippen LogP contribution in [0.3, 0.4) is 0 Å². The molecule has 0 saturated carbocycles. The quantitative estimate of drug-likeness (QED) is 0.832. The summed E-state index contributed by atoms with van der Waals surface area (Å²) in [5, 5.41) is 11.0. The predicted octanol–water partition coefficient (Wildman–Crippen LogP) is 0.932. The second kappa shape index (κ2) is 4.25. The van der Waals surface area contributed by atoms with E-state index in [9.17, 15) is 14.0 Å². The number of aliphatic carboxylic acids is 1. The summed E-state index contributed by atoms with van der Waals surface area (Å²) in [6.07, 6.45) is 0.894. The van der Waals surface area contributed by atoms with E-state index >= 15 is 0 Å². The summed E-state index contributed by atoms with van der Waals surface area (Å²) in [6, 6.07) is 5.88. The molecule has 0 saturated heterocycles. The van der Waals surface area contributed by atoms with E-state index in [0.29, 0.717) is 0 Å². The molecule has 0 unspecified atom stereocenters. The van der Waals surface area contributed by atoms with E-state index in [0.717, 1.165) is 0 Å². The summed E-state index contributed by atoms with van der Waals surface area (Å²) in [7, 11) is 0. The molecule has 1 aromatic carbocycles. The first kappa shape index (κ1) is 11.1. The normalized spacial score (nSPS) is 10.4. The van der Waals surface area contributed by atoms with E-state index in [4.69, 9.17) is 5.11 Å². The number of aromatic nitrogens is 2. The van der Waals surface area contributed by atoms with Gasteiger partial charge in [-0.25, -0.2) is 4.39 Å². The summed E-state index contributed by atoms with van der Waals surface area (Å²) in [4.78, 5) is 21.9. The Kier molecular flexibility index (Phi) is 2.78. The Morgan fingerprint density at radius 3 is 2.76 bits per heavy atom. The zero-order valence-corrected chi connectivity index (χ0v) is 8.68. The van der Waals surface area contributed by atoms with Crippen molar-refractivity contribution in [1.82, 2.24) is 9.78 Å². The fourth-order valence-electron chi connectivity index (χ4n) is 1.49.